The van der Waals surface area contributed by atoms with Crippen LogP contribution in [0.25, 0.3) is 10.9 Å². The Bertz CT molecular complexity index is 1360. The number of amides is 1. The van der Waals surface area contributed by atoms with Gasteiger partial charge in [-0.05, 0) is 73.6 Å². The Morgan fingerprint density at radius 3 is 2.46 bits per heavy atom. The van der Waals surface area contributed by atoms with Crippen LogP contribution in [0.5, 0.6) is 11.5 Å². The zero-order chi connectivity index (χ0) is 26.0. The number of halogens is 2. The molecule has 1 saturated heterocycles. The van der Waals surface area contributed by atoms with Crippen molar-refractivity contribution in [3.05, 3.63) is 53.7 Å². The Hall–Kier alpha value is -3.13. The molecule has 1 N–H and O–H groups in total. The van der Waals surface area contributed by atoms with E-state index >= 15 is 0 Å². The molecule has 0 bridgehead atoms. The van der Waals surface area contributed by atoms with Crippen molar-refractivity contribution in [3.63, 3.8) is 0 Å². The molecule has 3 aliphatic rings. The summed E-state index contributed by atoms with van der Waals surface area (Å²) in [4.78, 5) is 13.4. The molecule has 1 amide bonds. The fourth-order valence-electron chi connectivity index (χ4n) is 5.62. The molecule has 1 aromatic heterocycles. The number of rotatable bonds is 5. The summed E-state index contributed by atoms with van der Waals surface area (Å²) in [5.74, 6) is 0.385. The minimum absolute atomic E-state index is 0.0182. The monoisotopic (exact) mass is 510 g/mol. The third-order valence-corrected chi connectivity index (χ3v) is 7.85. The van der Waals surface area contributed by atoms with Crippen LogP contribution in [0.3, 0.4) is 0 Å². The second kappa shape index (κ2) is 8.45. The number of hydrogen-bond acceptors (Lipinski definition) is 4. The van der Waals surface area contributed by atoms with Crippen LogP contribution < -0.4 is 14.8 Å². The average molecular weight is 511 g/mol. The van der Waals surface area contributed by atoms with E-state index < -0.39 is 11.7 Å². The zero-order valence-corrected chi connectivity index (χ0v) is 21.4. The molecule has 1 saturated carbocycles. The molecule has 0 radical (unpaired) electrons. The van der Waals surface area contributed by atoms with E-state index in [9.17, 15) is 13.6 Å². The van der Waals surface area contributed by atoms with Crippen molar-refractivity contribution in [3.8, 4) is 11.5 Å². The summed E-state index contributed by atoms with van der Waals surface area (Å²) in [7, 11) is 0. The highest BCUT2D eigenvalue weighted by Gasteiger charge is 2.52. The molecule has 6 nitrogen and oxygen atoms in total. The van der Waals surface area contributed by atoms with E-state index in [0.29, 0.717) is 24.3 Å². The Morgan fingerprint density at radius 2 is 1.76 bits per heavy atom. The molecule has 1 aliphatic carbocycles. The van der Waals surface area contributed by atoms with Crippen molar-refractivity contribution in [2.45, 2.75) is 70.1 Å². The van der Waals surface area contributed by atoms with E-state index in [1.165, 1.54) is 17.8 Å². The molecular formula is C29H32F2N2O4. The molecular weight excluding hydrogens is 478 g/mol. The van der Waals surface area contributed by atoms with Crippen LogP contribution in [0, 0.1) is 5.92 Å². The van der Waals surface area contributed by atoms with Crippen LogP contribution >= 0.6 is 0 Å². The standard InChI is InChI=1S/C29H32F2N2O4/c1-27(2,3)25-15-19-14-21(5-6-22(19)33(25)17-18-8-12-35-13-9-18)32-26(34)28(10-11-28)20-4-7-23-24(16-20)37-29(30,31)36-23/h4-7,14-16,18H,8-13,17H2,1-3H3,(H,32,34). The minimum Gasteiger partial charge on any atom is -0.395 e. The molecule has 8 heteroatoms. The molecule has 3 heterocycles. The van der Waals surface area contributed by atoms with Crippen molar-refractivity contribution in [1.29, 1.82) is 0 Å². The molecule has 3 aromatic rings. The SMILES string of the molecule is CC(C)(C)c1cc2cc(NC(=O)C3(c4ccc5c(c4)OC(F)(F)O5)CC3)ccc2n1CC1CCOCC1. The summed E-state index contributed by atoms with van der Waals surface area (Å²) in [5, 5.41) is 4.17. The number of aromatic nitrogens is 1. The van der Waals surface area contributed by atoms with Gasteiger partial charge < -0.3 is 24.1 Å². The lowest BCUT2D eigenvalue weighted by molar-refractivity contribution is -0.286. The summed E-state index contributed by atoms with van der Waals surface area (Å²) in [6, 6.07) is 12.9. The van der Waals surface area contributed by atoms with E-state index in [1.54, 1.807) is 6.07 Å². The number of nitrogens with one attached hydrogen (secondary N) is 1. The number of hydrogen-bond donors (Lipinski definition) is 1. The first-order chi connectivity index (χ1) is 17.5. The van der Waals surface area contributed by atoms with Gasteiger partial charge in [0.15, 0.2) is 11.5 Å². The summed E-state index contributed by atoms with van der Waals surface area (Å²) in [6.45, 7) is 9.27. The van der Waals surface area contributed by atoms with Crippen molar-refractivity contribution in [2.24, 2.45) is 5.92 Å². The molecule has 6 rings (SSSR count). The number of alkyl halides is 2. The largest absolute Gasteiger partial charge is 0.586 e. The third kappa shape index (κ3) is 4.45. The number of ether oxygens (including phenoxy) is 3. The summed E-state index contributed by atoms with van der Waals surface area (Å²) >= 11 is 0. The first kappa shape index (κ1) is 24.2. The molecule has 2 aromatic carbocycles. The smallest absolute Gasteiger partial charge is 0.395 e. The van der Waals surface area contributed by atoms with Crippen molar-refractivity contribution in [1.82, 2.24) is 4.57 Å². The van der Waals surface area contributed by atoms with Crippen molar-refractivity contribution in [2.75, 3.05) is 18.5 Å². The van der Waals surface area contributed by atoms with Gasteiger partial charge in [-0.25, -0.2) is 0 Å². The minimum atomic E-state index is -3.68. The second-order valence-electron chi connectivity index (χ2n) is 11.6. The number of anilines is 1. The molecule has 0 unspecified atom stereocenters. The molecule has 37 heavy (non-hydrogen) atoms. The van der Waals surface area contributed by atoms with Crippen molar-refractivity contribution < 1.29 is 27.8 Å². The predicted molar refractivity (Wildman–Crippen MR) is 136 cm³/mol. The van der Waals surface area contributed by atoms with E-state index in [2.05, 4.69) is 52.3 Å². The maximum absolute atomic E-state index is 13.5. The topological polar surface area (TPSA) is 61.7 Å². The summed E-state index contributed by atoms with van der Waals surface area (Å²) < 4.78 is 44.0. The molecule has 2 fully saturated rings. The van der Waals surface area contributed by atoms with Gasteiger partial charge in [-0.15, -0.1) is 8.78 Å². The van der Waals surface area contributed by atoms with E-state index in [1.807, 2.05) is 12.1 Å². The first-order valence-corrected chi connectivity index (χ1v) is 13.0. The van der Waals surface area contributed by atoms with Gasteiger partial charge in [-0.3, -0.25) is 4.79 Å². The lowest BCUT2D eigenvalue weighted by Gasteiger charge is -2.27. The van der Waals surface area contributed by atoms with Crippen LogP contribution in [0.2, 0.25) is 0 Å². The van der Waals surface area contributed by atoms with Gasteiger partial charge in [0.25, 0.3) is 0 Å². The highest BCUT2D eigenvalue weighted by Crippen LogP contribution is 2.52. The van der Waals surface area contributed by atoms with Crippen LogP contribution in [-0.2, 0) is 26.9 Å². The fraction of sp³-hybridized carbons (Fsp3) is 0.483. The van der Waals surface area contributed by atoms with E-state index in [-0.39, 0.29) is 22.8 Å². The molecule has 0 atom stereocenters. The highest BCUT2D eigenvalue weighted by molar-refractivity contribution is 6.02. The number of carbonyl (C=O) groups is 1. The van der Waals surface area contributed by atoms with Gasteiger partial charge in [0.2, 0.25) is 5.91 Å². The Morgan fingerprint density at radius 1 is 1.03 bits per heavy atom. The van der Waals surface area contributed by atoms with Crippen LogP contribution in [-0.4, -0.2) is 30.0 Å². The zero-order valence-electron chi connectivity index (χ0n) is 21.4. The summed E-state index contributed by atoms with van der Waals surface area (Å²) in [5.41, 5.74) is 3.03. The average Bonchev–Trinajstić information content (AvgIpc) is 3.48. The first-order valence-electron chi connectivity index (χ1n) is 13.0. The summed E-state index contributed by atoms with van der Waals surface area (Å²) in [6.07, 6.45) is -0.254. The van der Waals surface area contributed by atoms with Crippen LogP contribution in [0.1, 0.15) is 57.7 Å². The van der Waals surface area contributed by atoms with E-state index in [4.69, 9.17) is 4.74 Å². The van der Waals surface area contributed by atoms with Gasteiger partial charge in [0.1, 0.15) is 0 Å². The highest BCUT2D eigenvalue weighted by atomic mass is 19.3. The van der Waals surface area contributed by atoms with Crippen LogP contribution in [0.15, 0.2) is 42.5 Å². The Balaban J connectivity index is 1.26. The van der Waals surface area contributed by atoms with Crippen LogP contribution in [0.4, 0.5) is 14.5 Å². The second-order valence-corrected chi connectivity index (χ2v) is 11.6. The lowest BCUT2D eigenvalue weighted by Crippen LogP contribution is -2.28. The predicted octanol–water partition coefficient (Wildman–Crippen LogP) is 6.36. The van der Waals surface area contributed by atoms with Gasteiger partial charge >= 0.3 is 6.29 Å². The normalized spacial score (nSPS) is 20.2. The molecule has 196 valence electrons. The molecule has 2 aliphatic heterocycles. The van der Waals surface area contributed by atoms with Gasteiger partial charge in [-0.1, -0.05) is 26.8 Å². The quantitative estimate of drug-likeness (QED) is 0.434. The Labute approximate surface area is 214 Å². The maximum atomic E-state index is 13.5. The lowest BCUT2D eigenvalue weighted by atomic mass is 9.91. The maximum Gasteiger partial charge on any atom is 0.586 e. The van der Waals surface area contributed by atoms with Gasteiger partial charge in [0.05, 0.1) is 5.41 Å². The third-order valence-electron chi connectivity index (χ3n) is 7.85. The Kier molecular flexibility index (Phi) is 5.53. The molecule has 0 spiro atoms. The van der Waals surface area contributed by atoms with Gasteiger partial charge in [-0.2, -0.15) is 0 Å². The number of fused-ring (bicyclic) bond motifs is 2. The van der Waals surface area contributed by atoms with E-state index in [0.717, 1.165) is 49.2 Å². The van der Waals surface area contributed by atoms with Crippen molar-refractivity contribution >= 4 is 22.5 Å². The van der Waals surface area contributed by atoms with Gasteiger partial charge in [0, 0.05) is 47.5 Å². The number of carbonyl (C=O) groups excluding carboxylic acids is 1. The number of benzene rings is 2. The fourth-order valence-corrected chi connectivity index (χ4v) is 5.62. The number of nitrogens with zero attached hydrogens (tertiary/aromatic N) is 1.